The van der Waals surface area contributed by atoms with Gasteiger partial charge in [0.25, 0.3) is 5.56 Å². The van der Waals surface area contributed by atoms with Crippen LogP contribution >= 0.6 is 11.6 Å². The van der Waals surface area contributed by atoms with E-state index in [4.69, 9.17) is 11.6 Å². The zero-order valence-corrected chi connectivity index (χ0v) is 8.54. The van der Waals surface area contributed by atoms with Gasteiger partial charge in [0.2, 0.25) is 5.28 Å². The summed E-state index contributed by atoms with van der Waals surface area (Å²) in [5, 5.41) is 0.963. The predicted molar refractivity (Wildman–Crippen MR) is 54.5 cm³/mol. The van der Waals surface area contributed by atoms with Crippen LogP contribution in [0.4, 0.5) is 0 Å². The molecule has 0 spiro atoms. The lowest BCUT2D eigenvalue weighted by molar-refractivity contribution is 0.872. The van der Waals surface area contributed by atoms with Crippen LogP contribution in [0.1, 0.15) is 5.56 Å². The molecule has 0 atom stereocenters. The molecule has 72 valence electrons. The van der Waals surface area contributed by atoms with Gasteiger partial charge in [0.15, 0.2) is 0 Å². The minimum Gasteiger partial charge on any atom is -0.295 e. The molecule has 0 bridgehead atoms. The van der Waals surface area contributed by atoms with Crippen molar-refractivity contribution in [3.05, 3.63) is 33.5 Å². The number of hydrogen-bond donors (Lipinski definition) is 0. The van der Waals surface area contributed by atoms with Crippen LogP contribution in [0.15, 0.2) is 17.1 Å². The highest BCUT2D eigenvalue weighted by Gasteiger charge is 2.05. The number of halogens is 1. The zero-order valence-electron chi connectivity index (χ0n) is 7.78. The van der Waals surface area contributed by atoms with E-state index in [-0.39, 0.29) is 10.8 Å². The van der Waals surface area contributed by atoms with Crippen LogP contribution in [-0.2, 0) is 7.05 Å². The molecule has 2 aromatic rings. The molecule has 14 heavy (non-hydrogen) atoms. The summed E-state index contributed by atoms with van der Waals surface area (Å²) >= 11 is 5.65. The number of fused-ring (bicyclic) bond motifs is 1. The molecular weight excluding hydrogens is 202 g/mol. The van der Waals surface area contributed by atoms with Crippen molar-refractivity contribution in [2.75, 3.05) is 0 Å². The van der Waals surface area contributed by atoms with Gasteiger partial charge in [0.05, 0.1) is 0 Å². The summed E-state index contributed by atoms with van der Waals surface area (Å²) in [4.78, 5) is 19.4. The van der Waals surface area contributed by atoms with E-state index in [9.17, 15) is 4.79 Å². The van der Waals surface area contributed by atoms with E-state index in [1.807, 2.05) is 0 Å². The molecule has 0 unspecified atom stereocenters. The van der Waals surface area contributed by atoms with Crippen molar-refractivity contribution in [2.45, 2.75) is 6.92 Å². The topological polar surface area (TPSA) is 47.8 Å². The molecule has 0 amide bonds. The molecule has 0 saturated carbocycles. The second-order valence-electron chi connectivity index (χ2n) is 3.11. The van der Waals surface area contributed by atoms with E-state index in [1.54, 1.807) is 26.2 Å². The highest BCUT2D eigenvalue weighted by molar-refractivity contribution is 6.28. The van der Waals surface area contributed by atoms with E-state index in [2.05, 4.69) is 9.97 Å². The average Bonchev–Trinajstić information content (AvgIpc) is 2.16. The lowest BCUT2D eigenvalue weighted by Crippen LogP contribution is -2.20. The van der Waals surface area contributed by atoms with Gasteiger partial charge in [-0.1, -0.05) is 0 Å². The molecule has 2 heterocycles. The zero-order chi connectivity index (χ0) is 10.3. The van der Waals surface area contributed by atoms with Gasteiger partial charge in [-0.25, -0.2) is 4.98 Å². The van der Waals surface area contributed by atoms with Crippen LogP contribution < -0.4 is 5.56 Å². The molecule has 0 radical (unpaired) electrons. The van der Waals surface area contributed by atoms with E-state index < -0.39 is 0 Å². The largest absolute Gasteiger partial charge is 0.295 e. The van der Waals surface area contributed by atoms with Gasteiger partial charge < -0.3 is 0 Å². The fraction of sp³-hybridized carbons (Fsp3) is 0.222. The Morgan fingerprint density at radius 2 is 2.21 bits per heavy atom. The number of aryl methyl sites for hydroxylation is 2. The van der Waals surface area contributed by atoms with E-state index in [0.29, 0.717) is 11.2 Å². The first-order valence-electron chi connectivity index (χ1n) is 4.08. The van der Waals surface area contributed by atoms with Crippen molar-refractivity contribution in [3.8, 4) is 0 Å². The third kappa shape index (κ3) is 1.28. The molecule has 0 aromatic carbocycles. The Morgan fingerprint density at radius 3 is 2.93 bits per heavy atom. The molecule has 2 aromatic heterocycles. The third-order valence-electron chi connectivity index (χ3n) is 2.10. The lowest BCUT2D eigenvalue weighted by atomic mass is 10.2. The molecule has 0 aliphatic heterocycles. The van der Waals surface area contributed by atoms with Crippen LogP contribution in [0, 0.1) is 6.92 Å². The number of pyridine rings is 1. The van der Waals surface area contributed by atoms with Crippen LogP contribution in [0.5, 0.6) is 0 Å². The smallest absolute Gasteiger partial charge is 0.254 e. The summed E-state index contributed by atoms with van der Waals surface area (Å²) in [6.07, 6.45) is 1.61. The van der Waals surface area contributed by atoms with Crippen molar-refractivity contribution in [3.63, 3.8) is 0 Å². The molecule has 0 aliphatic rings. The Kier molecular flexibility index (Phi) is 2.00. The third-order valence-corrected chi connectivity index (χ3v) is 2.28. The molecule has 0 fully saturated rings. The maximum atomic E-state index is 11.6. The van der Waals surface area contributed by atoms with E-state index in [1.165, 1.54) is 4.57 Å². The second kappa shape index (κ2) is 3.06. The van der Waals surface area contributed by atoms with Gasteiger partial charge in [-0.2, -0.15) is 4.98 Å². The summed E-state index contributed by atoms with van der Waals surface area (Å²) in [6.45, 7) is 1.76. The van der Waals surface area contributed by atoms with Gasteiger partial charge in [0, 0.05) is 24.2 Å². The summed E-state index contributed by atoms with van der Waals surface area (Å²) in [5.74, 6) is 0. The maximum absolute atomic E-state index is 11.6. The molecule has 0 aliphatic carbocycles. The number of nitrogens with zero attached hydrogens (tertiary/aromatic N) is 3. The van der Waals surface area contributed by atoms with Crippen LogP contribution in [0.25, 0.3) is 11.0 Å². The van der Waals surface area contributed by atoms with E-state index in [0.717, 1.165) is 5.39 Å². The van der Waals surface area contributed by atoms with Crippen molar-refractivity contribution >= 4 is 22.6 Å². The average molecular weight is 210 g/mol. The summed E-state index contributed by atoms with van der Waals surface area (Å²) in [7, 11) is 1.67. The van der Waals surface area contributed by atoms with Crippen molar-refractivity contribution in [1.29, 1.82) is 0 Å². The first-order valence-corrected chi connectivity index (χ1v) is 4.46. The lowest BCUT2D eigenvalue weighted by Gasteiger charge is -2.04. The quantitative estimate of drug-likeness (QED) is 0.615. The maximum Gasteiger partial charge on any atom is 0.254 e. The van der Waals surface area contributed by atoms with Gasteiger partial charge in [-0.05, 0) is 24.6 Å². The van der Waals surface area contributed by atoms with Crippen molar-refractivity contribution < 1.29 is 0 Å². The van der Waals surface area contributed by atoms with E-state index >= 15 is 0 Å². The first-order chi connectivity index (χ1) is 6.59. The SMILES string of the molecule is Cc1cc2cnc(Cl)nc2n(C)c1=O. The Hall–Kier alpha value is -1.42. The van der Waals surface area contributed by atoms with Crippen molar-refractivity contribution in [2.24, 2.45) is 7.05 Å². The summed E-state index contributed by atoms with van der Waals surface area (Å²) in [5.41, 5.74) is 1.17. The Labute approximate surface area is 85.2 Å². The number of rotatable bonds is 0. The highest BCUT2D eigenvalue weighted by Crippen LogP contribution is 2.11. The molecule has 0 N–H and O–H groups in total. The number of hydrogen-bond acceptors (Lipinski definition) is 3. The second-order valence-corrected chi connectivity index (χ2v) is 3.45. The monoisotopic (exact) mass is 209 g/mol. The molecule has 2 rings (SSSR count). The Balaban J connectivity index is 2.99. The molecule has 5 heteroatoms. The van der Waals surface area contributed by atoms with Gasteiger partial charge >= 0.3 is 0 Å². The molecule has 4 nitrogen and oxygen atoms in total. The minimum absolute atomic E-state index is 0.0627. The standard InChI is InChI=1S/C9H8ClN3O/c1-5-3-6-4-11-9(10)12-7(6)13(2)8(5)14/h3-4H,1-2H3. The first kappa shape index (κ1) is 9.15. The van der Waals surface area contributed by atoms with Gasteiger partial charge in [-0.15, -0.1) is 0 Å². The summed E-state index contributed by atoms with van der Waals surface area (Å²) < 4.78 is 1.47. The molecular formula is C9H8ClN3O. The summed E-state index contributed by atoms with van der Waals surface area (Å²) in [6, 6.07) is 1.76. The fourth-order valence-electron chi connectivity index (χ4n) is 1.39. The van der Waals surface area contributed by atoms with Crippen LogP contribution in [0.3, 0.4) is 0 Å². The van der Waals surface area contributed by atoms with Crippen LogP contribution in [-0.4, -0.2) is 14.5 Å². The predicted octanol–water partition coefficient (Wildman–Crippen LogP) is 1.29. The minimum atomic E-state index is -0.0627. The number of aromatic nitrogens is 3. The Morgan fingerprint density at radius 1 is 1.50 bits per heavy atom. The van der Waals surface area contributed by atoms with Crippen molar-refractivity contribution in [1.82, 2.24) is 14.5 Å². The fourth-order valence-corrected chi connectivity index (χ4v) is 1.52. The van der Waals surface area contributed by atoms with Crippen LogP contribution in [0.2, 0.25) is 5.28 Å². The van der Waals surface area contributed by atoms with Gasteiger partial charge in [0.1, 0.15) is 5.65 Å². The normalized spacial score (nSPS) is 10.8. The molecule has 0 saturated heterocycles. The van der Waals surface area contributed by atoms with Gasteiger partial charge in [-0.3, -0.25) is 9.36 Å². The highest BCUT2D eigenvalue weighted by atomic mass is 35.5. The Bertz CT molecular complexity index is 562.